The molecule has 26 heavy (non-hydrogen) atoms. The zero-order valence-electron chi connectivity index (χ0n) is 14.1. The number of nitrogens with one attached hydrogen (secondary N) is 1. The van der Waals surface area contributed by atoms with Crippen molar-refractivity contribution in [3.63, 3.8) is 0 Å². The summed E-state index contributed by atoms with van der Waals surface area (Å²) in [5.41, 5.74) is 0.777. The smallest absolute Gasteiger partial charge is 0.250 e. The number of benzene rings is 1. The molecule has 0 spiro atoms. The Kier molecular flexibility index (Phi) is 4.56. The van der Waals surface area contributed by atoms with Gasteiger partial charge in [0, 0.05) is 18.0 Å². The summed E-state index contributed by atoms with van der Waals surface area (Å²) in [4.78, 5) is 5.03. The minimum absolute atomic E-state index is 0.160. The van der Waals surface area contributed by atoms with E-state index in [0.717, 1.165) is 29.2 Å². The summed E-state index contributed by atoms with van der Waals surface area (Å²) < 4.78 is 39.0. The summed E-state index contributed by atoms with van der Waals surface area (Å²) in [5, 5.41) is 0. The lowest BCUT2D eigenvalue weighted by Crippen LogP contribution is -2.22. The van der Waals surface area contributed by atoms with Gasteiger partial charge in [-0.2, -0.15) is 0 Å². The zero-order valence-corrected chi connectivity index (χ0v) is 15.8. The number of sulfonamides is 1. The first-order valence-electron chi connectivity index (χ1n) is 8.24. The Labute approximate surface area is 155 Å². The van der Waals surface area contributed by atoms with Gasteiger partial charge in [0.1, 0.15) is 9.96 Å². The van der Waals surface area contributed by atoms with Crippen molar-refractivity contribution in [3.8, 4) is 16.4 Å². The summed E-state index contributed by atoms with van der Waals surface area (Å²) in [5.74, 6) is 2.43. The van der Waals surface area contributed by atoms with Gasteiger partial charge in [-0.15, -0.1) is 11.3 Å². The molecular formula is C18H18N2O4S2. The third-order valence-corrected chi connectivity index (χ3v) is 7.18. The van der Waals surface area contributed by atoms with Crippen molar-refractivity contribution >= 4 is 21.4 Å². The number of hydrogen-bond donors (Lipinski definition) is 1. The van der Waals surface area contributed by atoms with E-state index in [1.54, 1.807) is 31.5 Å². The van der Waals surface area contributed by atoms with Crippen LogP contribution in [0.2, 0.25) is 0 Å². The first-order valence-corrected chi connectivity index (χ1v) is 10.5. The van der Waals surface area contributed by atoms with Crippen molar-refractivity contribution in [1.82, 2.24) is 9.71 Å². The van der Waals surface area contributed by atoms with Crippen LogP contribution in [0.15, 0.2) is 51.2 Å². The molecule has 4 rings (SSSR count). The van der Waals surface area contributed by atoms with E-state index in [0.29, 0.717) is 17.4 Å². The average molecular weight is 390 g/mol. The number of nitrogens with zero attached hydrogens (tertiary/aromatic N) is 1. The molecule has 0 amide bonds. The van der Waals surface area contributed by atoms with Crippen molar-refractivity contribution in [3.05, 3.63) is 54.0 Å². The molecule has 1 fully saturated rings. The molecule has 0 atom stereocenters. The number of thiophene rings is 1. The van der Waals surface area contributed by atoms with Gasteiger partial charge in [-0.05, 0) is 31.0 Å². The van der Waals surface area contributed by atoms with Gasteiger partial charge in [0.05, 0.1) is 18.2 Å². The molecule has 1 aliphatic carbocycles. The van der Waals surface area contributed by atoms with Gasteiger partial charge in [-0.3, -0.25) is 0 Å². The van der Waals surface area contributed by atoms with E-state index in [2.05, 4.69) is 9.71 Å². The molecule has 1 aromatic carbocycles. The molecular weight excluding hydrogens is 372 g/mol. The summed E-state index contributed by atoms with van der Waals surface area (Å²) in [6, 6.07) is 10.7. The fourth-order valence-corrected chi connectivity index (χ4v) is 4.91. The second-order valence-electron chi connectivity index (χ2n) is 6.09. The molecule has 2 heterocycles. The Morgan fingerprint density at radius 2 is 2.08 bits per heavy atom. The summed E-state index contributed by atoms with van der Waals surface area (Å²) >= 11 is 1.17. The van der Waals surface area contributed by atoms with Crippen molar-refractivity contribution in [1.29, 1.82) is 0 Å². The Balaban J connectivity index is 1.50. The number of methoxy groups -OCH3 is 1. The maximum atomic E-state index is 12.6. The van der Waals surface area contributed by atoms with Crippen LogP contribution in [0, 0.1) is 0 Å². The van der Waals surface area contributed by atoms with Crippen LogP contribution in [-0.2, 0) is 16.6 Å². The molecule has 0 bridgehead atoms. The highest BCUT2D eigenvalue weighted by molar-refractivity contribution is 7.91. The predicted octanol–water partition coefficient (Wildman–Crippen LogP) is 3.77. The molecule has 0 unspecified atom stereocenters. The van der Waals surface area contributed by atoms with Crippen LogP contribution in [0.1, 0.15) is 30.2 Å². The van der Waals surface area contributed by atoms with E-state index in [9.17, 15) is 8.42 Å². The lowest BCUT2D eigenvalue weighted by atomic mass is 10.2. The maximum absolute atomic E-state index is 12.6. The number of oxazole rings is 1. The lowest BCUT2D eigenvalue weighted by Gasteiger charge is -2.09. The molecule has 2 aromatic heterocycles. The lowest BCUT2D eigenvalue weighted by molar-refractivity contribution is 0.409. The highest BCUT2D eigenvalue weighted by Gasteiger charge is 2.29. The molecule has 6 nitrogen and oxygen atoms in total. The van der Waals surface area contributed by atoms with Crippen molar-refractivity contribution in [2.24, 2.45) is 0 Å². The normalized spacial score (nSPS) is 14.5. The highest BCUT2D eigenvalue weighted by Crippen LogP contribution is 2.41. The maximum Gasteiger partial charge on any atom is 0.250 e. The molecule has 1 N–H and O–H groups in total. The fourth-order valence-electron chi connectivity index (χ4n) is 2.61. The zero-order chi connectivity index (χ0) is 18.1. The number of para-hydroxylation sites is 1. The SMILES string of the molecule is COc1ccccc1CNS(=O)(=O)c1ccc(-c2cnc(C3CC3)o2)s1. The summed E-state index contributed by atoms with van der Waals surface area (Å²) in [6.45, 7) is 0.160. The molecule has 1 saturated carbocycles. The van der Waals surface area contributed by atoms with Gasteiger partial charge in [-0.25, -0.2) is 18.1 Å². The number of hydrogen-bond acceptors (Lipinski definition) is 6. The topological polar surface area (TPSA) is 81.4 Å². The van der Waals surface area contributed by atoms with Gasteiger partial charge in [0.25, 0.3) is 0 Å². The summed E-state index contributed by atoms with van der Waals surface area (Å²) in [7, 11) is -2.06. The molecule has 0 saturated heterocycles. The minimum Gasteiger partial charge on any atom is -0.496 e. The second-order valence-corrected chi connectivity index (χ2v) is 9.17. The molecule has 3 aromatic rings. The minimum atomic E-state index is -3.62. The Morgan fingerprint density at radius 3 is 2.85 bits per heavy atom. The van der Waals surface area contributed by atoms with Crippen LogP contribution in [0.4, 0.5) is 0 Å². The van der Waals surface area contributed by atoms with Gasteiger partial charge in [-0.1, -0.05) is 18.2 Å². The van der Waals surface area contributed by atoms with E-state index >= 15 is 0 Å². The van der Waals surface area contributed by atoms with E-state index in [4.69, 9.17) is 9.15 Å². The quantitative estimate of drug-likeness (QED) is 0.664. The highest BCUT2D eigenvalue weighted by atomic mass is 32.2. The van der Waals surface area contributed by atoms with E-state index in [-0.39, 0.29) is 10.8 Å². The molecule has 8 heteroatoms. The summed E-state index contributed by atoms with van der Waals surface area (Å²) in [6.07, 6.45) is 3.88. The number of ether oxygens (including phenoxy) is 1. The predicted molar refractivity (Wildman–Crippen MR) is 98.8 cm³/mol. The first kappa shape index (κ1) is 17.3. The Morgan fingerprint density at radius 1 is 1.27 bits per heavy atom. The van der Waals surface area contributed by atoms with Gasteiger partial charge in [0.15, 0.2) is 11.7 Å². The van der Waals surface area contributed by atoms with Gasteiger partial charge >= 0.3 is 0 Å². The Bertz CT molecular complexity index is 1020. The van der Waals surface area contributed by atoms with E-state index < -0.39 is 10.0 Å². The molecule has 1 aliphatic rings. The van der Waals surface area contributed by atoms with Crippen molar-refractivity contribution in [2.75, 3.05) is 7.11 Å². The molecule has 136 valence electrons. The fraction of sp³-hybridized carbons (Fsp3) is 0.278. The average Bonchev–Trinajstić information content (AvgIpc) is 3.17. The molecule has 0 radical (unpaired) electrons. The van der Waals surface area contributed by atoms with E-state index in [1.807, 2.05) is 18.2 Å². The third-order valence-electron chi connectivity index (χ3n) is 4.18. The van der Waals surface area contributed by atoms with Crippen LogP contribution in [0.5, 0.6) is 5.75 Å². The second kappa shape index (κ2) is 6.86. The van der Waals surface area contributed by atoms with E-state index in [1.165, 1.54) is 11.3 Å². The van der Waals surface area contributed by atoms with Crippen LogP contribution in [-0.4, -0.2) is 20.5 Å². The number of rotatable bonds is 7. The van der Waals surface area contributed by atoms with Gasteiger partial charge in [0.2, 0.25) is 10.0 Å². The standard InChI is InChI=1S/C18H18N2O4S2/c1-23-14-5-3-2-4-13(14)10-20-26(21,22)17-9-8-16(25-17)15-11-19-18(24-15)12-6-7-12/h2-5,8-9,11-12,20H,6-7,10H2,1H3. The van der Waals surface area contributed by atoms with Gasteiger partial charge < -0.3 is 9.15 Å². The Hall–Kier alpha value is -2.16. The van der Waals surface area contributed by atoms with Crippen LogP contribution < -0.4 is 9.46 Å². The van der Waals surface area contributed by atoms with Crippen LogP contribution in [0.25, 0.3) is 10.6 Å². The first-order chi connectivity index (χ1) is 12.6. The monoisotopic (exact) mass is 390 g/mol. The van der Waals surface area contributed by atoms with Crippen LogP contribution in [0.3, 0.4) is 0 Å². The largest absolute Gasteiger partial charge is 0.496 e. The molecule has 0 aliphatic heterocycles. The van der Waals surface area contributed by atoms with Crippen LogP contribution >= 0.6 is 11.3 Å². The van der Waals surface area contributed by atoms with Crippen molar-refractivity contribution < 1.29 is 17.6 Å². The van der Waals surface area contributed by atoms with Crippen molar-refractivity contribution in [2.45, 2.75) is 29.5 Å². The number of aromatic nitrogens is 1. The third kappa shape index (κ3) is 3.53.